The van der Waals surface area contributed by atoms with Gasteiger partial charge >= 0.3 is 0 Å². The van der Waals surface area contributed by atoms with Gasteiger partial charge < -0.3 is 20.7 Å². The standard InChI is InChI=1S/C17H27N3O3/c1-17(2,3)15(18)16(22)19-10-12-7-6-8-13(9-12)23-11-14(21)20(4)5/h6-9,15H,10-11,18H2,1-5H3,(H,19,22)/t15-/m1/s1. The smallest absolute Gasteiger partial charge is 0.259 e. The van der Waals surface area contributed by atoms with Crippen molar-refractivity contribution in [2.45, 2.75) is 33.4 Å². The number of carbonyl (C=O) groups excluding carboxylic acids is 2. The minimum absolute atomic E-state index is 0.0162. The molecular formula is C17H27N3O3. The van der Waals surface area contributed by atoms with Gasteiger partial charge in [0.05, 0.1) is 6.04 Å². The molecule has 0 heterocycles. The molecule has 0 saturated carbocycles. The van der Waals surface area contributed by atoms with Gasteiger partial charge in [-0.05, 0) is 23.1 Å². The molecule has 1 atom stereocenters. The summed E-state index contributed by atoms with van der Waals surface area (Å²) in [7, 11) is 3.35. The number of nitrogens with two attached hydrogens (primary N) is 1. The Morgan fingerprint density at radius 1 is 1.30 bits per heavy atom. The Morgan fingerprint density at radius 3 is 2.52 bits per heavy atom. The summed E-state index contributed by atoms with van der Waals surface area (Å²) in [5.74, 6) is 0.290. The summed E-state index contributed by atoms with van der Waals surface area (Å²) in [6.07, 6.45) is 0. The Hall–Kier alpha value is -2.08. The van der Waals surface area contributed by atoms with Crippen LogP contribution in [0, 0.1) is 5.41 Å². The summed E-state index contributed by atoms with van der Waals surface area (Å²) in [5.41, 5.74) is 6.51. The van der Waals surface area contributed by atoms with Crippen LogP contribution < -0.4 is 15.8 Å². The van der Waals surface area contributed by atoms with E-state index < -0.39 is 6.04 Å². The average molecular weight is 321 g/mol. The molecule has 1 rings (SSSR count). The Balaban J connectivity index is 2.57. The lowest BCUT2D eigenvalue weighted by molar-refractivity contribution is -0.130. The normalized spacial score (nSPS) is 12.4. The van der Waals surface area contributed by atoms with Gasteiger partial charge in [0, 0.05) is 20.6 Å². The Morgan fingerprint density at radius 2 is 1.96 bits per heavy atom. The first-order valence-electron chi connectivity index (χ1n) is 7.56. The van der Waals surface area contributed by atoms with E-state index in [1.54, 1.807) is 26.2 Å². The maximum Gasteiger partial charge on any atom is 0.259 e. The van der Waals surface area contributed by atoms with Gasteiger partial charge in [0.2, 0.25) is 5.91 Å². The highest BCUT2D eigenvalue weighted by atomic mass is 16.5. The second kappa shape index (κ2) is 7.97. The molecule has 0 aromatic heterocycles. The number of amides is 2. The number of hydrogen-bond acceptors (Lipinski definition) is 4. The first-order valence-corrected chi connectivity index (χ1v) is 7.56. The Kier molecular flexibility index (Phi) is 6.57. The molecule has 23 heavy (non-hydrogen) atoms. The summed E-state index contributed by atoms with van der Waals surface area (Å²) < 4.78 is 5.45. The molecule has 2 amide bonds. The van der Waals surface area contributed by atoms with Gasteiger partial charge in [-0.2, -0.15) is 0 Å². The molecule has 0 radical (unpaired) electrons. The van der Waals surface area contributed by atoms with Crippen LogP contribution in [0.1, 0.15) is 26.3 Å². The second-order valence-corrected chi connectivity index (χ2v) is 6.79. The van der Waals surface area contributed by atoms with E-state index in [9.17, 15) is 9.59 Å². The van der Waals surface area contributed by atoms with Crippen LogP contribution in [0.25, 0.3) is 0 Å². The van der Waals surface area contributed by atoms with E-state index >= 15 is 0 Å². The number of likely N-dealkylation sites (N-methyl/N-ethyl adjacent to an activating group) is 1. The summed E-state index contributed by atoms with van der Waals surface area (Å²) >= 11 is 0. The number of benzene rings is 1. The summed E-state index contributed by atoms with van der Waals surface area (Å²) in [6.45, 7) is 6.12. The third-order valence-corrected chi connectivity index (χ3v) is 3.44. The second-order valence-electron chi connectivity index (χ2n) is 6.79. The molecule has 0 aliphatic heterocycles. The molecular weight excluding hydrogens is 294 g/mol. The molecule has 3 N–H and O–H groups in total. The average Bonchev–Trinajstić information content (AvgIpc) is 2.48. The molecule has 6 nitrogen and oxygen atoms in total. The minimum Gasteiger partial charge on any atom is -0.484 e. The molecule has 0 bridgehead atoms. The lowest BCUT2D eigenvalue weighted by Gasteiger charge is -2.25. The highest BCUT2D eigenvalue weighted by Crippen LogP contribution is 2.18. The zero-order valence-corrected chi connectivity index (χ0v) is 14.6. The van der Waals surface area contributed by atoms with Crippen LogP contribution in [0.15, 0.2) is 24.3 Å². The number of ether oxygens (including phenoxy) is 1. The minimum atomic E-state index is -0.570. The van der Waals surface area contributed by atoms with Crippen molar-refractivity contribution < 1.29 is 14.3 Å². The van der Waals surface area contributed by atoms with Crippen molar-refractivity contribution in [3.8, 4) is 5.75 Å². The predicted molar refractivity (Wildman–Crippen MR) is 89.9 cm³/mol. The van der Waals surface area contributed by atoms with E-state index in [2.05, 4.69) is 5.32 Å². The summed E-state index contributed by atoms with van der Waals surface area (Å²) in [6, 6.07) is 6.70. The van der Waals surface area contributed by atoms with Crippen LogP contribution in [-0.4, -0.2) is 43.5 Å². The molecule has 0 fully saturated rings. The van der Waals surface area contributed by atoms with Crippen molar-refractivity contribution >= 4 is 11.8 Å². The van der Waals surface area contributed by atoms with Crippen LogP contribution in [0.5, 0.6) is 5.75 Å². The lowest BCUT2D eigenvalue weighted by atomic mass is 9.87. The highest BCUT2D eigenvalue weighted by Gasteiger charge is 2.27. The van der Waals surface area contributed by atoms with Crippen molar-refractivity contribution in [2.24, 2.45) is 11.1 Å². The van der Waals surface area contributed by atoms with E-state index in [0.29, 0.717) is 12.3 Å². The summed E-state index contributed by atoms with van der Waals surface area (Å²) in [5, 5.41) is 2.82. The summed E-state index contributed by atoms with van der Waals surface area (Å²) in [4.78, 5) is 25.0. The third kappa shape index (κ3) is 6.28. The molecule has 0 aliphatic rings. The number of carbonyl (C=O) groups is 2. The van der Waals surface area contributed by atoms with E-state index in [1.807, 2.05) is 32.9 Å². The zero-order chi connectivity index (χ0) is 17.6. The molecule has 0 aliphatic carbocycles. The number of hydrogen-bond donors (Lipinski definition) is 2. The first kappa shape index (κ1) is 19.0. The maximum atomic E-state index is 12.0. The zero-order valence-electron chi connectivity index (χ0n) is 14.6. The molecule has 0 saturated heterocycles. The largest absolute Gasteiger partial charge is 0.484 e. The Bertz CT molecular complexity index is 550. The quantitative estimate of drug-likeness (QED) is 0.823. The van der Waals surface area contributed by atoms with Crippen molar-refractivity contribution in [3.05, 3.63) is 29.8 Å². The van der Waals surface area contributed by atoms with Crippen LogP contribution in [0.2, 0.25) is 0 Å². The van der Waals surface area contributed by atoms with Crippen LogP contribution in [-0.2, 0) is 16.1 Å². The van der Waals surface area contributed by atoms with E-state index in [1.165, 1.54) is 4.90 Å². The van der Waals surface area contributed by atoms with Crippen molar-refractivity contribution in [3.63, 3.8) is 0 Å². The fourth-order valence-electron chi connectivity index (χ4n) is 1.71. The van der Waals surface area contributed by atoms with Gasteiger partial charge in [-0.1, -0.05) is 32.9 Å². The van der Waals surface area contributed by atoms with Gasteiger partial charge in [-0.15, -0.1) is 0 Å². The van der Waals surface area contributed by atoms with Crippen LogP contribution >= 0.6 is 0 Å². The maximum absolute atomic E-state index is 12.0. The number of nitrogens with zero attached hydrogens (tertiary/aromatic N) is 1. The van der Waals surface area contributed by atoms with Gasteiger partial charge in [-0.25, -0.2) is 0 Å². The van der Waals surface area contributed by atoms with Crippen molar-refractivity contribution in [1.29, 1.82) is 0 Å². The number of rotatable bonds is 6. The first-order chi connectivity index (χ1) is 10.6. The predicted octanol–water partition coefficient (Wildman–Crippen LogP) is 1.14. The monoisotopic (exact) mass is 321 g/mol. The SMILES string of the molecule is CN(C)C(=O)COc1cccc(CNC(=O)[C@@H](N)C(C)(C)C)c1. The van der Waals surface area contributed by atoms with Crippen molar-refractivity contribution in [2.75, 3.05) is 20.7 Å². The van der Waals surface area contributed by atoms with Crippen LogP contribution in [0.3, 0.4) is 0 Å². The van der Waals surface area contributed by atoms with Crippen LogP contribution in [0.4, 0.5) is 0 Å². The third-order valence-electron chi connectivity index (χ3n) is 3.44. The Labute approximate surface area is 138 Å². The molecule has 0 spiro atoms. The van der Waals surface area contributed by atoms with E-state index in [-0.39, 0.29) is 23.8 Å². The van der Waals surface area contributed by atoms with E-state index in [0.717, 1.165) is 5.56 Å². The fraction of sp³-hybridized carbons (Fsp3) is 0.529. The van der Waals surface area contributed by atoms with Gasteiger partial charge in [-0.3, -0.25) is 9.59 Å². The van der Waals surface area contributed by atoms with Gasteiger partial charge in [0.15, 0.2) is 6.61 Å². The number of nitrogens with one attached hydrogen (secondary N) is 1. The topological polar surface area (TPSA) is 84.7 Å². The van der Waals surface area contributed by atoms with E-state index in [4.69, 9.17) is 10.5 Å². The molecule has 6 heteroatoms. The molecule has 1 aromatic rings. The molecule has 1 aromatic carbocycles. The van der Waals surface area contributed by atoms with Crippen molar-refractivity contribution in [1.82, 2.24) is 10.2 Å². The van der Waals surface area contributed by atoms with Gasteiger partial charge in [0.1, 0.15) is 5.75 Å². The fourth-order valence-corrected chi connectivity index (χ4v) is 1.71. The highest BCUT2D eigenvalue weighted by molar-refractivity contribution is 5.82. The lowest BCUT2D eigenvalue weighted by Crippen LogP contribution is -2.48. The molecule has 0 unspecified atom stereocenters. The van der Waals surface area contributed by atoms with Gasteiger partial charge in [0.25, 0.3) is 5.91 Å². The molecule has 128 valence electrons.